The second kappa shape index (κ2) is 8.58. The highest BCUT2D eigenvalue weighted by Crippen LogP contribution is 2.38. The van der Waals surface area contributed by atoms with E-state index in [-0.39, 0.29) is 6.10 Å². The highest BCUT2D eigenvalue weighted by molar-refractivity contribution is 5.51. The third kappa shape index (κ3) is 4.33. The number of nitrogens with one attached hydrogen (secondary N) is 1. The van der Waals surface area contributed by atoms with Crippen LogP contribution >= 0.6 is 0 Å². The molecule has 0 atom stereocenters. The van der Waals surface area contributed by atoms with Gasteiger partial charge in [-0.3, -0.25) is 0 Å². The van der Waals surface area contributed by atoms with Gasteiger partial charge in [-0.1, -0.05) is 6.07 Å². The summed E-state index contributed by atoms with van der Waals surface area (Å²) >= 11 is 0. The lowest BCUT2D eigenvalue weighted by Crippen LogP contribution is -2.42. The van der Waals surface area contributed by atoms with E-state index in [0.717, 1.165) is 49.1 Å². The Labute approximate surface area is 145 Å². The van der Waals surface area contributed by atoms with E-state index in [9.17, 15) is 0 Å². The lowest BCUT2D eigenvalue weighted by atomic mass is 9.96. The van der Waals surface area contributed by atoms with Crippen molar-refractivity contribution in [2.24, 2.45) is 5.92 Å². The normalized spacial score (nSPS) is 20.8. The molecule has 5 heteroatoms. The summed E-state index contributed by atoms with van der Waals surface area (Å²) in [6.45, 7) is 5.83. The SMILES string of the molecule is COc1cccc(OC)c1OC1CCN(CC2CCNCC2)CC1. The van der Waals surface area contributed by atoms with Crippen molar-refractivity contribution in [1.82, 2.24) is 10.2 Å². The Morgan fingerprint density at radius 3 is 2.21 bits per heavy atom. The molecule has 0 saturated carbocycles. The van der Waals surface area contributed by atoms with E-state index < -0.39 is 0 Å². The zero-order valence-electron chi connectivity index (χ0n) is 14.9. The van der Waals surface area contributed by atoms with Crippen molar-refractivity contribution in [3.63, 3.8) is 0 Å². The number of rotatable bonds is 6. The monoisotopic (exact) mass is 334 g/mol. The summed E-state index contributed by atoms with van der Waals surface area (Å²) in [5.74, 6) is 3.08. The van der Waals surface area contributed by atoms with Gasteiger partial charge in [-0.25, -0.2) is 0 Å². The van der Waals surface area contributed by atoms with Gasteiger partial charge in [-0.15, -0.1) is 0 Å². The number of benzene rings is 1. The number of piperidine rings is 2. The van der Waals surface area contributed by atoms with Gasteiger partial charge in [0.2, 0.25) is 5.75 Å². The predicted molar refractivity (Wildman–Crippen MR) is 95.2 cm³/mol. The molecule has 0 unspecified atom stereocenters. The van der Waals surface area contributed by atoms with Crippen molar-refractivity contribution in [2.75, 3.05) is 46.9 Å². The van der Waals surface area contributed by atoms with Crippen molar-refractivity contribution in [1.29, 1.82) is 0 Å². The van der Waals surface area contributed by atoms with Gasteiger partial charge in [-0.05, 0) is 56.8 Å². The van der Waals surface area contributed by atoms with Crippen LogP contribution in [0, 0.1) is 5.92 Å². The summed E-state index contributed by atoms with van der Waals surface area (Å²) in [5, 5.41) is 3.45. The molecule has 24 heavy (non-hydrogen) atoms. The topological polar surface area (TPSA) is 43.0 Å². The molecule has 134 valence electrons. The summed E-state index contributed by atoms with van der Waals surface area (Å²) in [7, 11) is 3.34. The summed E-state index contributed by atoms with van der Waals surface area (Å²) in [5.41, 5.74) is 0. The molecule has 0 aliphatic carbocycles. The van der Waals surface area contributed by atoms with Crippen molar-refractivity contribution < 1.29 is 14.2 Å². The molecule has 0 radical (unpaired) electrons. The predicted octanol–water partition coefficient (Wildman–Crippen LogP) is 2.55. The molecule has 2 aliphatic heterocycles. The maximum absolute atomic E-state index is 6.25. The fraction of sp³-hybridized carbons (Fsp3) is 0.684. The zero-order valence-corrected chi connectivity index (χ0v) is 14.9. The molecule has 1 aromatic rings. The molecule has 0 spiro atoms. The van der Waals surface area contributed by atoms with Gasteiger partial charge in [0.25, 0.3) is 0 Å². The van der Waals surface area contributed by atoms with E-state index in [1.54, 1.807) is 14.2 Å². The third-order valence-electron chi connectivity index (χ3n) is 5.18. The van der Waals surface area contributed by atoms with Gasteiger partial charge in [-0.2, -0.15) is 0 Å². The van der Waals surface area contributed by atoms with Crippen LogP contribution in [0.4, 0.5) is 0 Å². The van der Waals surface area contributed by atoms with E-state index >= 15 is 0 Å². The lowest BCUT2D eigenvalue weighted by Gasteiger charge is -2.35. The molecule has 2 fully saturated rings. The number of hydrogen-bond donors (Lipinski definition) is 1. The maximum atomic E-state index is 6.25. The van der Waals surface area contributed by atoms with Crippen molar-refractivity contribution in [2.45, 2.75) is 31.8 Å². The summed E-state index contributed by atoms with van der Waals surface area (Å²) in [6, 6.07) is 5.76. The third-order valence-corrected chi connectivity index (χ3v) is 5.18. The van der Waals surface area contributed by atoms with Crippen LogP contribution in [-0.2, 0) is 0 Å². The molecule has 0 amide bonds. The number of ether oxygens (including phenoxy) is 3. The first kappa shape index (κ1) is 17.4. The van der Waals surface area contributed by atoms with E-state index in [4.69, 9.17) is 14.2 Å². The Morgan fingerprint density at radius 2 is 1.62 bits per heavy atom. The Balaban J connectivity index is 1.52. The first-order valence-electron chi connectivity index (χ1n) is 9.11. The maximum Gasteiger partial charge on any atom is 0.203 e. The Bertz CT molecular complexity index is 487. The van der Waals surface area contributed by atoms with Crippen molar-refractivity contribution in [3.8, 4) is 17.2 Å². The molecule has 1 N–H and O–H groups in total. The van der Waals surface area contributed by atoms with E-state index in [0.29, 0.717) is 0 Å². The Kier molecular flexibility index (Phi) is 6.21. The van der Waals surface area contributed by atoms with Crippen molar-refractivity contribution in [3.05, 3.63) is 18.2 Å². The molecule has 2 aliphatic rings. The van der Waals surface area contributed by atoms with E-state index in [2.05, 4.69) is 10.2 Å². The molecular formula is C19H30N2O3. The van der Waals surface area contributed by atoms with Crippen LogP contribution in [0.15, 0.2) is 18.2 Å². The quantitative estimate of drug-likeness (QED) is 0.866. The molecule has 3 rings (SSSR count). The standard InChI is InChI=1S/C19H30N2O3/c1-22-17-4-3-5-18(23-2)19(17)24-16-8-12-21(13-9-16)14-15-6-10-20-11-7-15/h3-5,15-16,20H,6-14H2,1-2H3. The number of likely N-dealkylation sites (tertiary alicyclic amines) is 1. The van der Waals surface area contributed by atoms with Crippen LogP contribution in [0.1, 0.15) is 25.7 Å². The van der Waals surface area contributed by atoms with E-state index in [1.165, 1.54) is 32.5 Å². The second-order valence-corrected chi connectivity index (χ2v) is 6.80. The van der Waals surface area contributed by atoms with Gasteiger partial charge < -0.3 is 24.4 Å². The highest BCUT2D eigenvalue weighted by atomic mass is 16.5. The van der Waals surface area contributed by atoms with Gasteiger partial charge >= 0.3 is 0 Å². The molecule has 0 bridgehead atoms. The fourth-order valence-electron chi connectivity index (χ4n) is 3.74. The van der Waals surface area contributed by atoms with Gasteiger partial charge in [0, 0.05) is 19.6 Å². The molecule has 2 saturated heterocycles. The van der Waals surface area contributed by atoms with Gasteiger partial charge in [0.1, 0.15) is 6.10 Å². The second-order valence-electron chi connectivity index (χ2n) is 6.80. The van der Waals surface area contributed by atoms with Crippen LogP contribution in [-0.4, -0.2) is 57.9 Å². The van der Waals surface area contributed by atoms with Gasteiger partial charge in [0.05, 0.1) is 14.2 Å². The minimum atomic E-state index is 0.236. The smallest absolute Gasteiger partial charge is 0.203 e. The first-order valence-corrected chi connectivity index (χ1v) is 9.11. The van der Waals surface area contributed by atoms with Crippen LogP contribution < -0.4 is 19.5 Å². The summed E-state index contributed by atoms with van der Waals surface area (Å²) < 4.78 is 17.1. The number of hydrogen-bond acceptors (Lipinski definition) is 5. The van der Waals surface area contributed by atoms with Gasteiger partial charge in [0.15, 0.2) is 11.5 Å². The Hall–Kier alpha value is -1.46. The molecule has 0 aromatic heterocycles. The lowest BCUT2D eigenvalue weighted by molar-refractivity contribution is 0.0831. The number of para-hydroxylation sites is 1. The van der Waals surface area contributed by atoms with Crippen molar-refractivity contribution >= 4 is 0 Å². The fourth-order valence-corrected chi connectivity index (χ4v) is 3.74. The molecule has 2 heterocycles. The number of methoxy groups -OCH3 is 2. The molecule has 1 aromatic carbocycles. The average molecular weight is 334 g/mol. The highest BCUT2D eigenvalue weighted by Gasteiger charge is 2.25. The van der Waals surface area contributed by atoms with Crippen LogP contribution in [0.25, 0.3) is 0 Å². The van der Waals surface area contributed by atoms with E-state index in [1.807, 2.05) is 18.2 Å². The Morgan fingerprint density at radius 1 is 1.00 bits per heavy atom. The minimum absolute atomic E-state index is 0.236. The van der Waals surface area contributed by atoms with Crippen LogP contribution in [0.3, 0.4) is 0 Å². The summed E-state index contributed by atoms with van der Waals surface area (Å²) in [6.07, 6.45) is 4.99. The average Bonchev–Trinajstić information content (AvgIpc) is 2.64. The minimum Gasteiger partial charge on any atom is -0.493 e. The molecular weight excluding hydrogens is 304 g/mol. The van der Waals surface area contributed by atoms with Crippen LogP contribution in [0.5, 0.6) is 17.2 Å². The summed E-state index contributed by atoms with van der Waals surface area (Å²) in [4.78, 5) is 2.61. The first-order chi connectivity index (χ1) is 11.8. The largest absolute Gasteiger partial charge is 0.493 e. The zero-order chi connectivity index (χ0) is 16.8. The van der Waals surface area contributed by atoms with Crippen LogP contribution in [0.2, 0.25) is 0 Å². The number of nitrogens with zero attached hydrogens (tertiary/aromatic N) is 1. The molecule has 5 nitrogen and oxygen atoms in total.